The first-order valence-corrected chi connectivity index (χ1v) is 9.28. The molecule has 24 heavy (non-hydrogen) atoms. The predicted octanol–water partition coefficient (Wildman–Crippen LogP) is 4.36. The van der Waals surface area contributed by atoms with Crippen molar-refractivity contribution in [2.45, 2.75) is 72.0 Å². The average Bonchev–Trinajstić information content (AvgIpc) is 3.01. The monoisotopic (exact) mass is 334 g/mol. The van der Waals surface area contributed by atoms with Crippen molar-refractivity contribution in [2.24, 2.45) is 23.7 Å². The van der Waals surface area contributed by atoms with Crippen LogP contribution < -0.4 is 0 Å². The number of aliphatic hydroxyl groups is 1. The van der Waals surface area contributed by atoms with Crippen molar-refractivity contribution >= 4 is 5.97 Å². The SMILES string of the molecule is Cc1cc2oc1[C@@H](O)[C@H](C(C)C)CC[C@@H]1C[C@@H](OC1=O)[C@H]2C(C)C. The van der Waals surface area contributed by atoms with Crippen LogP contribution >= 0.6 is 0 Å². The van der Waals surface area contributed by atoms with E-state index in [1.165, 1.54) is 0 Å². The van der Waals surface area contributed by atoms with Crippen LogP contribution in [0.1, 0.15) is 76.1 Å². The highest BCUT2D eigenvalue weighted by atomic mass is 16.6. The van der Waals surface area contributed by atoms with Crippen LogP contribution in [0.15, 0.2) is 10.5 Å². The lowest BCUT2D eigenvalue weighted by Gasteiger charge is -2.26. The zero-order valence-corrected chi connectivity index (χ0v) is 15.4. The summed E-state index contributed by atoms with van der Waals surface area (Å²) in [6.45, 7) is 10.5. The fraction of sp³-hybridized carbons (Fsp3) is 0.750. The molecule has 3 heterocycles. The number of fused-ring (bicyclic) bond motifs is 4. The number of aliphatic hydroxyl groups excluding tert-OH is 1. The fourth-order valence-electron chi connectivity index (χ4n) is 4.49. The Morgan fingerprint density at radius 3 is 2.50 bits per heavy atom. The second kappa shape index (κ2) is 6.55. The summed E-state index contributed by atoms with van der Waals surface area (Å²) in [7, 11) is 0. The molecule has 0 aromatic carbocycles. The Bertz CT molecular complexity index is 601. The molecule has 3 rings (SSSR count). The first kappa shape index (κ1) is 17.5. The van der Waals surface area contributed by atoms with E-state index in [9.17, 15) is 9.90 Å². The molecular weight excluding hydrogens is 304 g/mol. The van der Waals surface area contributed by atoms with Crippen LogP contribution in [-0.2, 0) is 9.53 Å². The Labute approximate surface area is 144 Å². The molecule has 0 saturated carbocycles. The molecule has 0 aliphatic carbocycles. The van der Waals surface area contributed by atoms with Gasteiger partial charge in [-0.05, 0) is 55.6 Å². The largest absolute Gasteiger partial charge is 0.463 e. The third-order valence-corrected chi connectivity index (χ3v) is 5.92. The zero-order chi connectivity index (χ0) is 17.6. The van der Waals surface area contributed by atoms with Crippen LogP contribution in [-0.4, -0.2) is 17.2 Å². The number of carbonyl (C=O) groups is 1. The predicted molar refractivity (Wildman–Crippen MR) is 91.5 cm³/mol. The molecule has 1 fully saturated rings. The van der Waals surface area contributed by atoms with Crippen molar-refractivity contribution in [3.63, 3.8) is 0 Å². The third-order valence-electron chi connectivity index (χ3n) is 5.92. The molecule has 134 valence electrons. The van der Waals surface area contributed by atoms with E-state index in [2.05, 4.69) is 27.7 Å². The van der Waals surface area contributed by atoms with Crippen LogP contribution in [0.4, 0.5) is 0 Å². The molecule has 0 amide bonds. The Hall–Kier alpha value is -1.29. The first-order chi connectivity index (χ1) is 11.3. The van der Waals surface area contributed by atoms with Crippen LogP contribution in [0.3, 0.4) is 0 Å². The van der Waals surface area contributed by atoms with E-state index in [-0.39, 0.29) is 29.8 Å². The Morgan fingerprint density at radius 1 is 1.17 bits per heavy atom. The van der Waals surface area contributed by atoms with Gasteiger partial charge in [0.25, 0.3) is 0 Å². The second-order valence-electron chi connectivity index (χ2n) is 8.30. The summed E-state index contributed by atoms with van der Waals surface area (Å²) in [5.41, 5.74) is 0.996. The Balaban J connectivity index is 2.06. The van der Waals surface area contributed by atoms with Gasteiger partial charge < -0.3 is 14.3 Å². The number of esters is 1. The lowest BCUT2D eigenvalue weighted by Crippen LogP contribution is -2.23. The number of furan rings is 1. The average molecular weight is 334 g/mol. The maximum Gasteiger partial charge on any atom is 0.309 e. The smallest absolute Gasteiger partial charge is 0.309 e. The number of hydrogen-bond acceptors (Lipinski definition) is 4. The number of rotatable bonds is 2. The van der Waals surface area contributed by atoms with Crippen LogP contribution in [0.2, 0.25) is 0 Å². The van der Waals surface area contributed by atoms with Crippen LogP contribution in [0.5, 0.6) is 0 Å². The molecule has 4 nitrogen and oxygen atoms in total. The summed E-state index contributed by atoms with van der Waals surface area (Å²) in [6.07, 6.45) is 1.63. The van der Waals surface area contributed by atoms with Gasteiger partial charge in [-0.3, -0.25) is 4.79 Å². The topological polar surface area (TPSA) is 59.7 Å². The molecular formula is C20H30O4. The van der Waals surface area contributed by atoms with Gasteiger partial charge in [-0.2, -0.15) is 0 Å². The van der Waals surface area contributed by atoms with Gasteiger partial charge in [-0.15, -0.1) is 0 Å². The quantitative estimate of drug-likeness (QED) is 0.816. The molecule has 4 heteroatoms. The third kappa shape index (κ3) is 3.01. The number of aryl methyl sites for hydroxylation is 1. The van der Waals surface area contributed by atoms with E-state index in [1.54, 1.807) is 0 Å². The molecule has 1 aromatic rings. The van der Waals surface area contributed by atoms with E-state index in [0.717, 1.165) is 30.6 Å². The number of ether oxygens (including phenoxy) is 1. The first-order valence-electron chi connectivity index (χ1n) is 9.28. The molecule has 1 aromatic heterocycles. The van der Waals surface area contributed by atoms with Crippen molar-refractivity contribution < 1.29 is 19.1 Å². The standard InChI is InChI=1S/C20H30O4/c1-10(2)14-7-6-13-9-16(24-20(13)22)17(11(3)4)15-8-12(5)19(23-15)18(14)21/h8,10-11,13-14,16-18,21H,6-7,9H2,1-5H3/t13-,14+,16-,17+,18+/m1/s1. The normalized spacial score (nSPS) is 33.7. The molecule has 1 saturated heterocycles. The lowest BCUT2D eigenvalue weighted by atomic mass is 9.80. The highest BCUT2D eigenvalue weighted by molar-refractivity contribution is 5.74. The maximum atomic E-state index is 12.3. The van der Waals surface area contributed by atoms with Crippen molar-refractivity contribution in [1.29, 1.82) is 0 Å². The Morgan fingerprint density at radius 2 is 1.88 bits per heavy atom. The zero-order valence-electron chi connectivity index (χ0n) is 15.4. The van der Waals surface area contributed by atoms with Crippen molar-refractivity contribution in [3.8, 4) is 0 Å². The van der Waals surface area contributed by atoms with Gasteiger partial charge in [0.1, 0.15) is 23.7 Å². The highest BCUT2D eigenvalue weighted by Crippen LogP contribution is 2.44. The summed E-state index contributed by atoms with van der Waals surface area (Å²) in [5, 5.41) is 10.9. The van der Waals surface area contributed by atoms with Crippen LogP contribution in [0.25, 0.3) is 0 Å². The van der Waals surface area contributed by atoms with E-state index in [4.69, 9.17) is 9.15 Å². The summed E-state index contributed by atoms with van der Waals surface area (Å²) >= 11 is 0. The second-order valence-corrected chi connectivity index (χ2v) is 8.30. The summed E-state index contributed by atoms with van der Waals surface area (Å²) in [5.74, 6) is 2.18. The van der Waals surface area contributed by atoms with Gasteiger partial charge in [0.05, 0.1) is 11.8 Å². The molecule has 1 N–H and O–H groups in total. The van der Waals surface area contributed by atoms with Crippen molar-refractivity contribution in [1.82, 2.24) is 0 Å². The molecule has 0 radical (unpaired) electrons. The minimum atomic E-state index is -0.612. The molecule has 4 bridgehead atoms. The minimum Gasteiger partial charge on any atom is -0.463 e. The molecule has 5 atom stereocenters. The van der Waals surface area contributed by atoms with E-state index in [0.29, 0.717) is 17.6 Å². The van der Waals surface area contributed by atoms with Gasteiger partial charge in [-0.1, -0.05) is 27.7 Å². The van der Waals surface area contributed by atoms with Gasteiger partial charge >= 0.3 is 5.97 Å². The molecule has 2 aliphatic heterocycles. The van der Waals surface area contributed by atoms with Gasteiger partial charge in [0, 0.05) is 0 Å². The van der Waals surface area contributed by atoms with E-state index < -0.39 is 6.10 Å². The number of carbonyl (C=O) groups excluding carboxylic acids is 1. The Kier molecular flexibility index (Phi) is 4.78. The number of hydrogen-bond donors (Lipinski definition) is 1. The minimum absolute atomic E-state index is 0.0444. The molecule has 0 spiro atoms. The van der Waals surface area contributed by atoms with Crippen LogP contribution in [0, 0.1) is 30.6 Å². The fourth-order valence-corrected chi connectivity index (χ4v) is 4.49. The van der Waals surface area contributed by atoms with Gasteiger partial charge in [0.15, 0.2) is 0 Å². The maximum absolute atomic E-state index is 12.3. The van der Waals surface area contributed by atoms with Crippen molar-refractivity contribution in [2.75, 3.05) is 0 Å². The molecule has 2 aliphatic rings. The highest BCUT2D eigenvalue weighted by Gasteiger charge is 2.43. The lowest BCUT2D eigenvalue weighted by molar-refractivity contribution is -0.145. The van der Waals surface area contributed by atoms with Gasteiger partial charge in [-0.25, -0.2) is 0 Å². The summed E-state index contributed by atoms with van der Waals surface area (Å²) in [6, 6.07) is 2.03. The summed E-state index contributed by atoms with van der Waals surface area (Å²) < 4.78 is 11.9. The molecule has 0 unspecified atom stereocenters. The van der Waals surface area contributed by atoms with Crippen molar-refractivity contribution in [3.05, 3.63) is 23.2 Å². The van der Waals surface area contributed by atoms with Gasteiger partial charge in [0.2, 0.25) is 0 Å². The van der Waals surface area contributed by atoms with E-state index >= 15 is 0 Å². The van der Waals surface area contributed by atoms with E-state index in [1.807, 2.05) is 13.0 Å². The summed E-state index contributed by atoms with van der Waals surface area (Å²) in [4.78, 5) is 12.3.